The molecule has 0 aliphatic rings. The Hall–Kier alpha value is -2.17. The van der Waals surface area contributed by atoms with E-state index in [4.69, 9.17) is 5.11 Å². The summed E-state index contributed by atoms with van der Waals surface area (Å²) in [5, 5.41) is 16.4. The summed E-state index contributed by atoms with van der Waals surface area (Å²) in [6.45, 7) is -0.215. The molecule has 2 aromatic rings. The molecule has 0 amide bonds. The molecule has 0 aliphatic carbocycles. The second-order valence-corrected chi connectivity index (χ2v) is 3.02. The van der Waals surface area contributed by atoms with Gasteiger partial charge in [0.1, 0.15) is 5.69 Å². The summed E-state index contributed by atoms with van der Waals surface area (Å²) in [5.41, 5.74) is 1.60. The van der Waals surface area contributed by atoms with Gasteiger partial charge < -0.3 is 5.11 Å². The van der Waals surface area contributed by atoms with E-state index in [1.54, 1.807) is 6.20 Å². The smallest absolute Gasteiger partial charge is 0.327 e. The molecule has 5 heteroatoms. The first-order chi connectivity index (χ1) is 7.25. The zero-order chi connectivity index (χ0) is 10.7. The third kappa shape index (κ3) is 2.19. The minimum Gasteiger partial charge on any atom is -0.480 e. The fourth-order valence-corrected chi connectivity index (χ4v) is 1.24. The lowest BCUT2D eigenvalue weighted by atomic mass is 10.2. The monoisotopic (exact) mass is 203 g/mol. The molecular weight excluding hydrogens is 194 g/mol. The molecule has 15 heavy (non-hydrogen) atoms. The van der Waals surface area contributed by atoms with E-state index in [9.17, 15) is 4.79 Å². The van der Waals surface area contributed by atoms with Gasteiger partial charge >= 0.3 is 5.97 Å². The summed E-state index contributed by atoms with van der Waals surface area (Å²) in [4.78, 5) is 11.6. The molecule has 0 bridgehead atoms. The number of carboxylic acids is 1. The van der Waals surface area contributed by atoms with E-state index in [2.05, 4.69) is 10.2 Å². The zero-order valence-electron chi connectivity index (χ0n) is 7.87. The fraction of sp³-hybridized carbons (Fsp3) is 0.100. The molecule has 0 spiro atoms. The molecule has 2 rings (SSSR count). The van der Waals surface area contributed by atoms with Gasteiger partial charge in [-0.3, -0.25) is 4.79 Å². The lowest BCUT2D eigenvalue weighted by Crippen LogP contribution is -2.11. The van der Waals surface area contributed by atoms with Crippen LogP contribution in [0.1, 0.15) is 0 Å². The summed E-state index contributed by atoms with van der Waals surface area (Å²) in [5.74, 6) is -0.954. The molecule has 1 heterocycles. The van der Waals surface area contributed by atoms with Crippen LogP contribution in [0.15, 0.2) is 36.5 Å². The van der Waals surface area contributed by atoms with Crippen LogP contribution in [0.3, 0.4) is 0 Å². The number of carbonyl (C=O) groups is 1. The van der Waals surface area contributed by atoms with Crippen molar-refractivity contribution in [1.29, 1.82) is 0 Å². The van der Waals surface area contributed by atoms with Crippen LogP contribution >= 0.6 is 0 Å². The van der Waals surface area contributed by atoms with Crippen molar-refractivity contribution in [1.82, 2.24) is 15.0 Å². The van der Waals surface area contributed by atoms with Gasteiger partial charge in [-0.2, -0.15) is 15.0 Å². The van der Waals surface area contributed by atoms with Crippen molar-refractivity contribution in [3.63, 3.8) is 0 Å². The number of benzene rings is 1. The van der Waals surface area contributed by atoms with E-state index in [1.807, 2.05) is 30.3 Å². The maximum atomic E-state index is 10.4. The first-order valence-corrected chi connectivity index (χ1v) is 4.43. The highest BCUT2D eigenvalue weighted by Gasteiger charge is 2.05. The number of aliphatic carboxylic acids is 1. The summed E-state index contributed by atoms with van der Waals surface area (Å²) in [6, 6.07) is 9.49. The molecule has 0 saturated carbocycles. The van der Waals surface area contributed by atoms with Crippen molar-refractivity contribution in [2.45, 2.75) is 6.54 Å². The third-order valence-electron chi connectivity index (χ3n) is 1.88. The maximum absolute atomic E-state index is 10.4. The van der Waals surface area contributed by atoms with Crippen molar-refractivity contribution in [2.24, 2.45) is 0 Å². The van der Waals surface area contributed by atoms with Crippen LogP contribution in [0, 0.1) is 0 Å². The van der Waals surface area contributed by atoms with Gasteiger partial charge in [-0.15, -0.1) is 0 Å². The second-order valence-electron chi connectivity index (χ2n) is 3.02. The minimum absolute atomic E-state index is 0.215. The first kappa shape index (κ1) is 9.39. The summed E-state index contributed by atoms with van der Waals surface area (Å²) in [6.07, 6.45) is 1.55. The Labute approximate surface area is 86.0 Å². The van der Waals surface area contributed by atoms with E-state index >= 15 is 0 Å². The van der Waals surface area contributed by atoms with Gasteiger partial charge in [0.2, 0.25) is 0 Å². The standard InChI is InChI=1S/C10H9N3O2/c14-10(15)7-13-11-6-9(12-13)8-4-2-1-3-5-8/h1-6H,7H2,(H,14,15). The molecule has 0 aliphatic heterocycles. The highest BCUT2D eigenvalue weighted by Crippen LogP contribution is 2.14. The number of nitrogens with zero attached hydrogens (tertiary/aromatic N) is 3. The first-order valence-electron chi connectivity index (χ1n) is 4.43. The van der Waals surface area contributed by atoms with Crippen LogP contribution in [-0.2, 0) is 11.3 Å². The van der Waals surface area contributed by atoms with Gasteiger partial charge in [0.25, 0.3) is 0 Å². The molecule has 1 aromatic carbocycles. The van der Waals surface area contributed by atoms with Crippen LogP contribution in [-0.4, -0.2) is 26.1 Å². The summed E-state index contributed by atoms with van der Waals surface area (Å²) < 4.78 is 0. The van der Waals surface area contributed by atoms with E-state index in [0.717, 1.165) is 10.4 Å². The molecule has 0 saturated heterocycles. The van der Waals surface area contributed by atoms with Crippen molar-refractivity contribution in [3.05, 3.63) is 36.5 Å². The second kappa shape index (κ2) is 3.91. The van der Waals surface area contributed by atoms with E-state index in [-0.39, 0.29) is 6.54 Å². The molecule has 1 N–H and O–H groups in total. The van der Waals surface area contributed by atoms with Crippen LogP contribution in [0.2, 0.25) is 0 Å². The highest BCUT2D eigenvalue weighted by atomic mass is 16.4. The quantitative estimate of drug-likeness (QED) is 0.808. The maximum Gasteiger partial charge on any atom is 0.327 e. The van der Waals surface area contributed by atoms with Gasteiger partial charge in [-0.25, -0.2) is 0 Å². The number of hydrogen-bond donors (Lipinski definition) is 1. The SMILES string of the molecule is O=C(O)Cn1ncc(-c2ccccc2)n1. The minimum atomic E-state index is -0.954. The summed E-state index contributed by atoms with van der Waals surface area (Å²) >= 11 is 0. The number of carboxylic acid groups (broad SMARTS) is 1. The van der Waals surface area contributed by atoms with E-state index in [1.165, 1.54) is 0 Å². The van der Waals surface area contributed by atoms with Crippen molar-refractivity contribution >= 4 is 5.97 Å². The molecule has 0 radical (unpaired) electrons. The Kier molecular flexibility index (Phi) is 2.45. The molecule has 0 unspecified atom stereocenters. The van der Waals surface area contributed by atoms with Gasteiger partial charge in [-0.05, 0) is 0 Å². The van der Waals surface area contributed by atoms with Gasteiger partial charge in [0.15, 0.2) is 6.54 Å². The van der Waals surface area contributed by atoms with Crippen LogP contribution in [0.25, 0.3) is 11.3 Å². The Morgan fingerprint density at radius 3 is 2.73 bits per heavy atom. The Bertz CT molecular complexity index is 465. The van der Waals surface area contributed by atoms with E-state index in [0.29, 0.717) is 5.69 Å². The van der Waals surface area contributed by atoms with Gasteiger partial charge in [0.05, 0.1) is 6.20 Å². The molecule has 0 fully saturated rings. The molecular formula is C10H9N3O2. The Morgan fingerprint density at radius 1 is 1.33 bits per heavy atom. The fourth-order valence-electron chi connectivity index (χ4n) is 1.24. The largest absolute Gasteiger partial charge is 0.480 e. The van der Waals surface area contributed by atoms with Crippen molar-refractivity contribution in [3.8, 4) is 11.3 Å². The number of hydrogen-bond acceptors (Lipinski definition) is 3. The topological polar surface area (TPSA) is 68.0 Å². The number of aromatic nitrogens is 3. The Morgan fingerprint density at radius 2 is 2.07 bits per heavy atom. The zero-order valence-corrected chi connectivity index (χ0v) is 7.87. The average Bonchev–Trinajstić information content (AvgIpc) is 2.67. The predicted molar refractivity (Wildman–Crippen MR) is 53.1 cm³/mol. The molecule has 1 aromatic heterocycles. The normalized spacial score (nSPS) is 10.1. The Balaban J connectivity index is 2.24. The highest BCUT2D eigenvalue weighted by molar-refractivity contribution is 5.66. The van der Waals surface area contributed by atoms with Crippen molar-refractivity contribution in [2.75, 3.05) is 0 Å². The predicted octanol–water partition coefficient (Wildman–Crippen LogP) is 1.03. The van der Waals surface area contributed by atoms with Crippen LogP contribution < -0.4 is 0 Å². The number of rotatable bonds is 3. The van der Waals surface area contributed by atoms with Gasteiger partial charge in [-0.1, -0.05) is 30.3 Å². The third-order valence-corrected chi connectivity index (χ3v) is 1.88. The molecule has 5 nitrogen and oxygen atoms in total. The molecule has 76 valence electrons. The summed E-state index contributed by atoms with van der Waals surface area (Å²) in [7, 11) is 0. The van der Waals surface area contributed by atoms with Crippen LogP contribution in [0.5, 0.6) is 0 Å². The lowest BCUT2D eigenvalue weighted by molar-refractivity contribution is -0.138. The van der Waals surface area contributed by atoms with Crippen LogP contribution in [0.4, 0.5) is 0 Å². The van der Waals surface area contributed by atoms with Gasteiger partial charge in [0, 0.05) is 5.56 Å². The van der Waals surface area contributed by atoms with Crippen molar-refractivity contribution < 1.29 is 9.90 Å². The average molecular weight is 203 g/mol. The molecule has 0 atom stereocenters. The lowest BCUT2D eigenvalue weighted by Gasteiger charge is -1.94. The van der Waals surface area contributed by atoms with E-state index < -0.39 is 5.97 Å².